The summed E-state index contributed by atoms with van der Waals surface area (Å²) in [4.78, 5) is 2.45. The lowest BCUT2D eigenvalue weighted by Crippen LogP contribution is -2.47. The van der Waals surface area contributed by atoms with Gasteiger partial charge in [-0.3, -0.25) is 0 Å². The SMILES string of the molecule is CN1CC23CCC(CC2(c2ccccc2)C1)O3. The topological polar surface area (TPSA) is 12.5 Å². The molecule has 3 fully saturated rings. The highest BCUT2D eigenvalue weighted by Crippen LogP contribution is 2.60. The predicted octanol–water partition coefficient (Wildman–Crippen LogP) is 2.19. The van der Waals surface area contributed by atoms with E-state index in [1.807, 2.05) is 0 Å². The van der Waals surface area contributed by atoms with E-state index in [0.717, 1.165) is 13.1 Å². The summed E-state index contributed by atoms with van der Waals surface area (Å²) in [7, 11) is 2.23. The Morgan fingerprint density at radius 2 is 2.06 bits per heavy atom. The van der Waals surface area contributed by atoms with Gasteiger partial charge in [-0.1, -0.05) is 30.3 Å². The molecule has 1 aromatic carbocycles. The second-order valence-corrected chi connectivity index (χ2v) is 6.10. The molecule has 2 nitrogen and oxygen atoms in total. The predicted molar refractivity (Wildman–Crippen MR) is 67.1 cm³/mol. The fraction of sp³-hybridized carbons (Fsp3) is 0.600. The molecule has 0 N–H and O–H groups in total. The Labute approximate surface area is 103 Å². The third-order valence-corrected chi connectivity index (χ3v) is 5.10. The Morgan fingerprint density at radius 3 is 2.82 bits per heavy atom. The number of hydrogen-bond donors (Lipinski definition) is 0. The van der Waals surface area contributed by atoms with Crippen molar-refractivity contribution in [1.82, 2.24) is 4.90 Å². The summed E-state index contributed by atoms with van der Waals surface area (Å²) in [5, 5.41) is 0. The van der Waals surface area contributed by atoms with Gasteiger partial charge in [0.2, 0.25) is 0 Å². The fourth-order valence-electron chi connectivity index (χ4n) is 4.56. The minimum Gasteiger partial charge on any atom is -0.369 e. The van der Waals surface area contributed by atoms with Crippen LogP contribution < -0.4 is 0 Å². The van der Waals surface area contributed by atoms with Gasteiger partial charge >= 0.3 is 0 Å². The fourth-order valence-corrected chi connectivity index (χ4v) is 4.56. The van der Waals surface area contributed by atoms with Crippen LogP contribution in [0.2, 0.25) is 0 Å². The molecule has 0 saturated carbocycles. The van der Waals surface area contributed by atoms with Crippen LogP contribution in [0.15, 0.2) is 30.3 Å². The van der Waals surface area contributed by atoms with Gasteiger partial charge in [-0.2, -0.15) is 0 Å². The van der Waals surface area contributed by atoms with Gasteiger partial charge in [-0.05, 0) is 31.9 Å². The van der Waals surface area contributed by atoms with Gasteiger partial charge in [-0.25, -0.2) is 0 Å². The van der Waals surface area contributed by atoms with E-state index in [9.17, 15) is 0 Å². The van der Waals surface area contributed by atoms with Crippen LogP contribution in [0.3, 0.4) is 0 Å². The quantitative estimate of drug-likeness (QED) is 0.732. The molecule has 0 amide bonds. The van der Waals surface area contributed by atoms with Crippen LogP contribution in [0.5, 0.6) is 0 Å². The first-order valence-electron chi connectivity index (χ1n) is 6.66. The lowest BCUT2D eigenvalue weighted by atomic mass is 9.64. The molecule has 2 heteroatoms. The number of hydrogen-bond acceptors (Lipinski definition) is 2. The third kappa shape index (κ3) is 1.13. The summed E-state index contributed by atoms with van der Waals surface area (Å²) in [5.41, 5.74) is 1.88. The van der Waals surface area contributed by atoms with Crippen molar-refractivity contribution < 1.29 is 4.74 Å². The van der Waals surface area contributed by atoms with Crippen molar-refractivity contribution in [1.29, 1.82) is 0 Å². The maximum Gasteiger partial charge on any atom is 0.0922 e. The molecule has 0 aliphatic carbocycles. The van der Waals surface area contributed by atoms with Crippen LogP contribution >= 0.6 is 0 Å². The van der Waals surface area contributed by atoms with Gasteiger partial charge in [0.25, 0.3) is 0 Å². The van der Waals surface area contributed by atoms with Gasteiger partial charge in [0, 0.05) is 18.5 Å². The first kappa shape index (κ1) is 10.1. The number of nitrogens with zero attached hydrogens (tertiary/aromatic N) is 1. The zero-order valence-electron chi connectivity index (χ0n) is 10.4. The van der Waals surface area contributed by atoms with Crippen molar-refractivity contribution in [2.75, 3.05) is 20.1 Å². The van der Waals surface area contributed by atoms with Crippen LogP contribution in [0.1, 0.15) is 24.8 Å². The Morgan fingerprint density at radius 1 is 1.24 bits per heavy atom. The van der Waals surface area contributed by atoms with Crippen molar-refractivity contribution in [2.45, 2.75) is 36.4 Å². The lowest BCUT2D eigenvalue weighted by Gasteiger charge is -2.38. The van der Waals surface area contributed by atoms with Crippen molar-refractivity contribution in [3.63, 3.8) is 0 Å². The molecular weight excluding hydrogens is 210 g/mol. The molecule has 3 heterocycles. The standard InChI is InChI=1S/C15H19NO/c1-16-10-14(12-5-3-2-4-6-12)9-13-7-8-15(14,11-16)17-13/h2-6,13H,7-11H2,1H3. The van der Waals surface area contributed by atoms with Crippen molar-refractivity contribution in [3.05, 3.63) is 35.9 Å². The molecule has 90 valence electrons. The number of fused-ring (bicyclic) bond motifs is 1. The van der Waals surface area contributed by atoms with E-state index in [2.05, 4.69) is 42.3 Å². The second kappa shape index (κ2) is 3.12. The highest BCUT2D eigenvalue weighted by Gasteiger charge is 2.67. The lowest BCUT2D eigenvalue weighted by molar-refractivity contribution is -0.000626. The number of rotatable bonds is 1. The Kier molecular flexibility index (Phi) is 1.85. The van der Waals surface area contributed by atoms with E-state index >= 15 is 0 Å². The summed E-state index contributed by atoms with van der Waals surface area (Å²) in [6.07, 6.45) is 4.25. The van der Waals surface area contributed by atoms with Crippen LogP contribution in [-0.2, 0) is 10.2 Å². The molecule has 1 aromatic rings. The molecular formula is C15H19NO. The molecule has 0 radical (unpaired) electrons. The van der Waals surface area contributed by atoms with Crippen molar-refractivity contribution in [3.8, 4) is 0 Å². The Hall–Kier alpha value is -0.860. The van der Waals surface area contributed by atoms with E-state index in [1.54, 1.807) is 0 Å². The molecule has 0 aromatic heterocycles. The minimum atomic E-state index is 0.119. The number of likely N-dealkylation sites (tertiary alicyclic amines) is 1. The smallest absolute Gasteiger partial charge is 0.0922 e. The molecule has 4 rings (SSSR count). The van der Waals surface area contributed by atoms with Crippen molar-refractivity contribution in [2.24, 2.45) is 0 Å². The summed E-state index contributed by atoms with van der Waals surface area (Å²) in [6, 6.07) is 11.0. The Balaban J connectivity index is 1.86. The monoisotopic (exact) mass is 229 g/mol. The van der Waals surface area contributed by atoms with E-state index < -0.39 is 0 Å². The summed E-state index contributed by atoms with van der Waals surface area (Å²) >= 11 is 0. The average Bonchev–Trinajstić information content (AvgIpc) is 2.93. The maximum absolute atomic E-state index is 6.37. The van der Waals surface area contributed by atoms with E-state index in [1.165, 1.54) is 24.8 Å². The molecule has 3 atom stereocenters. The number of ether oxygens (including phenoxy) is 1. The zero-order chi connectivity index (χ0) is 11.5. The van der Waals surface area contributed by atoms with Gasteiger partial charge < -0.3 is 9.64 Å². The largest absolute Gasteiger partial charge is 0.369 e. The van der Waals surface area contributed by atoms with E-state index in [0.29, 0.717) is 6.10 Å². The van der Waals surface area contributed by atoms with Gasteiger partial charge in [0.05, 0.1) is 11.7 Å². The highest BCUT2D eigenvalue weighted by molar-refractivity contribution is 5.37. The summed E-state index contributed by atoms with van der Waals surface area (Å²) in [6.45, 7) is 2.27. The van der Waals surface area contributed by atoms with Gasteiger partial charge in [-0.15, -0.1) is 0 Å². The molecule has 17 heavy (non-hydrogen) atoms. The number of likely N-dealkylation sites (N-methyl/N-ethyl adjacent to an activating group) is 1. The Bertz CT molecular complexity index is 441. The normalized spacial score (nSPS) is 44.2. The highest BCUT2D eigenvalue weighted by atomic mass is 16.5. The average molecular weight is 229 g/mol. The van der Waals surface area contributed by atoms with Crippen LogP contribution in [0, 0.1) is 0 Å². The molecule has 3 aliphatic rings. The molecule has 3 unspecified atom stereocenters. The van der Waals surface area contributed by atoms with Gasteiger partial charge in [0.15, 0.2) is 0 Å². The molecule has 2 bridgehead atoms. The van der Waals surface area contributed by atoms with Gasteiger partial charge in [0.1, 0.15) is 0 Å². The van der Waals surface area contributed by atoms with Crippen LogP contribution in [-0.4, -0.2) is 36.7 Å². The van der Waals surface area contributed by atoms with E-state index in [4.69, 9.17) is 4.74 Å². The zero-order valence-corrected chi connectivity index (χ0v) is 10.4. The summed E-state index contributed by atoms with van der Waals surface area (Å²) < 4.78 is 6.37. The number of benzene rings is 1. The molecule has 3 aliphatic heterocycles. The molecule has 3 saturated heterocycles. The molecule has 1 spiro atoms. The third-order valence-electron chi connectivity index (χ3n) is 5.10. The van der Waals surface area contributed by atoms with Crippen molar-refractivity contribution >= 4 is 0 Å². The minimum absolute atomic E-state index is 0.119. The maximum atomic E-state index is 6.37. The van der Waals surface area contributed by atoms with Crippen LogP contribution in [0.25, 0.3) is 0 Å². The van der Waals surface area contributed by atoms with Crippen LogP contribution in [0.4, 0.5) is 0 Å². The first-order valence-corrected chi connectivity index (χ1v) is 6.66. The summed E-state index contributed by atoms with van der Waals surface area (Å²) in [5.74, 6) is 0. The van der Waals surface area contributed by atoms with E-state index in [-0.39, 0.29) is 11.0 Å². The first-order chi connectivity index (χ1) is 8.24. The second-order valence-electron chi connectivity index (χ2n) is 6.10.